The Morgan fingerprint density at radius 1 is 0.955 bits per heavy atom. The summed E-state index contributed by atoms with van der Waals surface area (Å²) in [6.07, 6.45) is 2.83. The average molecular weight is 314 g/mol. The molecule has 0 bridgehead atoms. The van der Waals surface area contributed by atoms with Crippen LogP contribution in [-0.2, 0) is 0 Å². The van der Waals surface area contributed by atoms with Gasteiger partial charge in [-0.2, -0.15) is 0 Å². The minimum absolute atomic E-state index is 0.447. The predicted molar refractivity (Wildman–Crippen MR) is 74.8 cm³/mol. The summed E-state index contributed by atoms with van der Waals surface area (Å²) < 4.78 is 0. The highest BCUT2D eigenvalue weighted by atomic mass is 16.6. The first-order valence-corrected chi connectivity index (χ1v) is 6.22. The Labute approximate surface area is 124 Å². The van der Waals surface area contributed by atoms with Gasteiger partial charge in [0, 0.05) is 0 Å². The third-order valence-electron chi connectivity index (χ3n) is 2.99. The Hall–Kier alpha value is -2.82. The van der Waals surface area contributed by atoms with E-state index in [0.717, 1.165) is 0 Å². The number of aromatic hydroxyl groups is 1. The molecule has 0 spiro atoms. The number of nitrogens with zero attached hydrogens (tertiary/aromatic N) is 4. The highest BCUT2D eigenvalue weighted by molar-refractivity contribution is 5.64. The Balaban J connectivity index is 0.000000335. The highest BCUT2D eigenvalue weighted by Gasteiger charge is 2.30. The Morgan fingerprint density at radius 3 is 1.59 bits per heavy atom. The summed E-state index contributed by atoms with van der Waals surface area (Å²) in [6.45, 7) is 2.64. The van der Waals surface area contributed by atoms with Crippen LogP contribution in [0.5, 0.6) is 5.75 Å². The van der Waals surface area contributed by atoms with Gasteiger partial charge in [0.2, 0.25) is 0 Å². The molecule has 0 unspecified atom stereocenters. The summed E-state index contributed by atoms with van der Waals surface area (Å²) in [5.74, 6) is -1.21. The number of phenolic OH excluding ortho intramolecular Hbond substituents is 1. The minimum atomic E-state index is -1.21. The number of hydrogen-bond acceptors (Lipinski definition) is 8. The molecule has 1 fully saturated rings. The monoisotopic (exact) mass is 314 g/mol. The smallest absolute Gasteiger partial charge is 0.324 e. The Bertz CT molecular complexity index is 563. The van der Waals surface area contributed by atoms with E-state index in [-0.39, 0.29) is 0 Å². The first-order chi connectivity index (χ1) is 10.2. The van der Waals surface area contributed by atoms with Crippen molar-refractivity contribution in [3.63, 3.8) is 0 Å². The van der Waals surface area contributed by atoms with Crippen molar-refractivity contribution in [2.75, 3.05) is 20.1 Å². The molecule has 120 valence electrons. The van der Waals surface area contributed by atoms with Gasteiger partial charge in [-0.15, -0.1) is 0 Å². The van der Waals surface area contributed by atoms with Gasteiger partial charge in [0.05, 0.1) is 26.9 Å². The van der Waals surface area contributed by atoms with Gasteiger partial charge < -0.3 is 10.0 Å². The maximum atomic E-state index is 10.4. The molecule has 1 saturated heterocycles. The van der Waals surface area contributed by atoms with Crippen molar-refractivity contribution in [1.82, 2.24) is 4.90 Å². The fourth-order valence-electron chi connectivity index (χ4n) is 1.85. The molecule has 1 heterocycles. The van der Waals surface area contributed by atoms with Crippen molar-refractivity contribution >= 4 is 17.1 Å². The molecule has 1 aromatic carbocycles. The Kier molecular flexibility index (Phi) is 5.69. The van der Waals surface area contributed by atoms with E-state index in [1.165, 1.54) is 25.9 Å². The molecule has 1 aliphatic rings. The summed E-state index contributed by atoms with van der Waals surface area (Å²) in [5.41, 5.74) is -3.00. The normalized spacial score (nSPS) is 14.0. The van der Waals surface area contributed by atoms with Crippen LogP contribution in [0.2, 0.25) is 0 Å². The lowest BCUT2D eigenvalue weighted by molar-refractivity contribution is -0.404. The van der Waals surface area contributed by atoms with Gasteiger partial charge in [0.25, 0.3) is 11.4 Å². The molecule has 1 aromatic rings. The van der Waals surface area contributed by atoms with E-state index in [9.17, 15) is 30.3 Å². The van der Waals surface area contributed by atoms with Crippen LogP contribution in [0, 0.1) is 30.3 Å². The van der Waals surface area contributed by atoms with Gasteiger partial charge in [-0.05, 0) is 33.0 Å². The standard InChI is InChI=1S/C6H3N3O7.C5H11N/c10-6-4(8(13)14)1-3(7(11)12)2-5(6)9(15)16;1-6-4-2-3-5-6/h1-2,10H;2-5H2,1H3. The first-order valence-electron chi connectivity index (χ1n) is 6.22. The number of non-ortho nitro benzene ring substituents is 1. The molecule has 22 heavy (non-hydrogen) atoms. The molecule has 2 rings (SSSR count). The summed E-state index contributed by atoms with van der Waals surface area (Å²) in [6, 6.07) is 0.894. The number of benzene rings is 1. The largest absolute Gasteiger partial charge is 0.497 e. The zero-order valence-electron chi connectivity index (χ0n) is 11.7. The molecule has 1 N–H and O–H groups in total. The van der Waals surface area contributed by atoms with Crippen LogP contribution >= 0.6 is 0 Å². The second-order valence-electron chi connectivity index (χ2n) is 4.61. The molecular formula is C11H14N4O7. The van der Waals surface area contributed by atoms with E-state index in [2.05, 4.69) is 11.9 Å². The van der Waals surface area contributed by atoms with Gasteiger partial charge in [-0.25, -0.2) is 0 Å². The fourth-order valence-corrected chi connectivity index (χ4v) is 1.85. The van der Waals surface area contributed by atoms with Crippen molar-refractivity contribution in [1.29, 1.82) is 0 Å². The molecule has 0 amide bonds. The van der Waals surface area contributed by atoms with Crippen molar-refractivity contribution in [2.45, 2.75) is 12.8 Å². The quantitative estimate of drug-likeness (QED) is 0.654. The molecule has 1 aliphatic heterocycles. The zero-order chi connectivity index (χ0) is 16.9. The fraction of sp³-hybridized carbons (Fsp3) is 0.455. The van der Waals surface area contributed by atoms with E-state index in [4.69, 9.17) is 5.11 Å². The number of nitro benzene ring substituents is 3. The van der Waals surface area contributed by atoms with E-state index in [1.807, 2.05) is 0 Å². The van der Waals surface area contributed by atoms with Crippen LogP contribution < -0.4 is 0 Å². The molecule has 0 radical (unpaired) electrons. The molecule has 0 aliphatic carbocycles. The van der Waals surface area contributed by atoms with E-state index in [1.54, 1.807) is 0 Å². The van der Waals surface area contributed by atoms with Crippen LogP contribution in [0.25, 0.3) is 0 Å². The van der Waals surface area contributed by atoms with Gasteiger partial charge in [-0.3, -0.25) is 30.3 Å². The van der Waals surface area contributed by atoms with Gasteiger partial charge >= 0.3 is 11.4 Å². The van der Waals surface area contributed by atoms with Crippen LogP contribution in [-0.4, -0.2) is 44.9 Å². The first kappa shape index (κ1) is 17.2. The molecule has 0 saturated carbocycles. The lowest BCUT2D eigenvalue weighted by Gasteiger charge is -2.01. The van der Waals surface area contributed by atoms with Gasteiger partial charge in [0.15, 0.2) is 0 Å². The van der Waals surface area contributed by atoms with Crippen LogP contribution in [0.1, 0.15) is 12.8 Å². The number of nitro groups is 3. The summed E-state index contributed by atoms with van der Waals surface area (Å²) in [7, 11) is 2.17. The lowest BCUT2D eigenvalue weighted by Crippen LogP contribution is -2.10. The highest BCUT2D eigenvalue weighted by Crippen LogP contribution is 2.38. The maximum Gasteiger partial charge on any atom is 0.324 e. The van der Waals surface area contributed by atoms with Crippen LogP contribution in [0.3, 0.4) is 0 Å². The van der Waals surface area contributed by atoms with Gasteiger partial charge in [-0.1, -0.05) is 0 Å². The molecule has 11 nitrogen and oxygen atoms in total. The van der Waals surface area contributed by atoms with Crippen molar-refractivity contribution in [3.05, 3.63) is 42.5 Å². The summed E-state index contributed by atoms with van der Waals surface area (Å²) in [5, 5.41) is 40.2. The third-order valence-corrected chi connectivity index (χ3v) is 2.99. The SMILES string of the molecule is CN1CCCC1.O=[N+]([O-])c1cc([N+](=O)[O-])c(O)c([N+](=O)[O-])c1. The van der Waals surface area contributed by atoms with Crippen molar-refractivity contribution < 1.29 is 19.9 Å². The van der Waals surface area contributed by atoms with Crippen LogP contribution in [0.15, 0.2) is 12.1 Å². The number of likely N-dealkylation sites (tertiary alicyclic amines) is 1. The minimum Gasteiger partial charge on any atom is -0.497 e. The molecular weight excluding hydrogens is 300 g/mol. The van der Waals surface area contributed by atoms with E-state index in [0.29, 0.717) is 12.1 Å². The molecule has 11 heteroatoms. The summed E-state index contributed by atoms with van der Waals surface area (Å²) >= 11 is 0. The topological polar surface area (TPSA) is 153 Å². The number of rotatable bonds is 3. The number of phenols is 1. The van der Waals surface area contributed by atoms with E-state index < -0.39 is 37.6 Å². The average Bonchev–Trinajstić information content (AvgIpc) is 2.89. The van der Waals surface area contributed by atoms with Crippen molar-refractivity contribution in [2.24, 2.45) is 0 Å². The van der Waals surface area contributed by atoms with E-state index >= 15 is 0 Å². The predicted octanol–water partition coefficient (Wildman–Crippen LogP) is 1.83. The second kappa shape index (κ2) is 7.26. The van der Waals surface area contributed by atoms with Crippen LogP contribution in [0.4, 0.5) is 17.1 Å². The third kappa shape index (κ3) is 4.34. The zero-order valence-corrected chi connectivity index (χ0v) is 11.7. The molecule has 0 atom stereocenters. The summed E-state index contributed by atoms with van der Waals surface area (Å²) in [4.78, 5) is 30.1. The Morgan fingerprint density at radius 2 is 1.36 bits per heavy atom. The lowest BCUT2D eigenvalue weighted by atomic mass is 10.2. The maximum absolute atomic E-state index is 10.4. The second-order valence-corrected chi connectivity index (χ2v) is 4.61. The van der Waals surface area contributed by atoms with Gasteiger partial charge in [0.1, 0.15) is 0 Å². The number of hydrogen-bond donors (Lipinski definition) is 1. The molecule has 0 aromatic heterocycles. The van der Waals surface area contributed by atoms with Crippen molar-refractivity contribution in [3.8, 4) is 5.75 Å².